The van der Waals surface area contributed by atoms with Gasteiger partial charge in [-0.15, -0.1) is 0 Å². The van der Waals surface area contributed by atoms with E-state index in [2.05, 4.69) is 6.58 Å². The van der Waals surface area contributed by atoms with Crippen molar-refractivity contribution < 1.29 is 18.8 Å². The predicted molar refractivity (Wildman–Crippen MR) is 67.3 cm³/mol. The molecule has 1 aliphatic heterocycles. The molecule has 17 heavy (non-hydrogen) atoms. The first-order chi connectivity index (χ1) is 7.79. The quantitative estimate of drug-likeness (QED) is 0.429. The van der Waals surface area contributed by atoms with Gasteiger partial charge in [-0.3, -0.25) is 0 Å². The smallest absolute Gasteiger partial charge is 0.501 e. The summed E-state index contributed by atoms with van der Waals surface area (Å²) in [6.07, 6.45) is 1.57. The molecule has 0 bridgehead atoms. The van der Waals surface area contributed by atoms with E-state index in [-0.39, 0.29) is 0 Å². The number of hydrogen-bond acceptors (Lipinski definition) is 4. The van der Waals surface area contributed by atoms with Crippen LogP contribution in [0.4, 0.5) is 0 Å². The first kappa shape index (κ1) is 14.1. The second-order valence-corrected chi connectivity index (χ2v) is 4.93. The van der Waals surface area contributed by atoms with Gasteiger partial charge in [0.1, 0.15) is 0 Å². The van der Waals surface area contributed by atoms with Crippen LogP contribution in [-0.2, 0) is 18.8 Å². The second kappa shape index (κ2) is 4.74. The van der Waals surface area contributed by atoms with Crippen molar-refractivity contribution in [3.8, 4) is 0 Å². The van der Waals surface area contributed by atoms with Crippen molar-refractivity contribution in [2.45, 2.75) is 38.9 Å². The fraction of sp³-hybridized carbons (Fsp3) is 0.667. The van der Waals surface area contributed by atoms with Crippen molar-refractivity contribution in [1.29, 1.82) is 0 Å². The minimum atomic E-state index is -0.571. The summed E-state index contributed by atoms with van der Waals surface area (Å²) in [5.41, 5.74) is -0.302. The van der Waals surface area contributed by atoms with E-state index >= 15 is 0 Å². The van der Waals surface area contributed by atoms with Crippen molar-refractivity contribution >= 4 is 7.12 Å². The molecule has 0 aromatic rings. The summed E-state index contributed by atoms with van der Waals surface area (Å²) in [6.45, 7) is 11.6. The zero-order valence-corrected chi connectivity index (χ0v) is 11.5. The zero-order valence-electron chi connectivity index (χ0n) is 11.5. The highest BCUT2D eigenvalue weighted by Crippen LogP contribution is 2.39. The maximum absolute atomic E-state index is 5.87. The monoisotopic (exact) mass is 240 g/mol. The predicted octanol–water partition coefficient (Wildman–Crippen LogP) is 2.31. The lowest BCUT2D eigenvalue weighted by Gasteiger charge is -2.32. The molecule has 1 rings (SSSR count). The van der Waals surface area contributed by atoms with E-state index in [0.29, 0.717) is 11.4 Å². The van der Waals surface area contributed by atoms with Crippen molar-refractivity contribution in [3.05, 3.63) is 24.1 Å². The third-order valence-electron chi connectivity index (χ3n) is 3.34. The van der Waals surface area contributed by atoms with Crippen molar-refractivity contribution in [1.82, 2.24) is 0 Å². The van der Waals surface area contributed by atoms with Crippen molar-refractivity contribution in [3.63, 3.8) is 0 Å². The Labute approximate surface area is 104 Å². The standard InChI is InChI=1S/C12H21BO4/c1-8-9(14-6)10(15-7)13-16-11(2,3)12(4,5)17-13/h8H,1H2,2-7H3/b10-9-. The van der Waals surface area contributed by atoms with Crippen LogP contribution in [0.25, 0.3) is 0 Å². The van der Waals surface area contributed by atoms with Gasteiger partial charge >= 0.3 is 7.12 Å². The molecule has 1 aliphatic rings. The molecule has 0 amide bonds. The molecular formula is C12H21BO4. The Morgan fingerprint density at radius 3 is 1.82 bits per heavy atom. The summed E-state index contributed by atoms with van der Waals surface area (Å²) in [4.78, 5) is 0. The van der Waals surface area contributed by atoms with Gasteiger partial charge < -0.3 is 18.8 Å². The normalized spacial score (nSPS) is 23.1. The van der Waals surface area contributed by atoms with E-state index in [4.69, 9.17) is 18.8 Å². The van der Waals surface area contributed by atoms with Crippen LogP contribution in [0.15, 0.2) is 24.1 Å². The Morgan fingerprint density at radius 2 is 1.53 bits per heavy atom. The molecule has 0 aromatic heterocycles. The fourth-order valence-corrected chi connectivity index (χ4v) is 1.55. The van der Waals surface area contributed by atoms with Gasteiger partial charge in [-0.05, 0) is 33.8 Å². The third kappa shape index (κ3) is 2.50. The minimum Gasteiger partial charge on any atom is -0.501 e. The Hall–Kier alpha value is -0.935. The highest BCUT2D eigenvalue weighted by molar-refractivity contribution is 6.54. The molecule has 0 aromatic carbocycles. The Morgan fingerprint density at radius 1 is 1.06 bits per heavy atom. The molecule has 0 N–H and O–H groups in total. The topological polar surface area (TPSA) is 36.9 Å². The van der Waals surface area contributed by atoms with Crippen LogP contribution in [0.2, 0.25) is 0 Å². The number of allylic oxidation sites excluding steroid dienone is 1. The third-order valence-corrected chi connectivity index (χ3v) is 3.34. The summed E-state index contributed by atoms with van der Waals surface area (Å²) >= 11 is 0. The lowest BCUT2D eigenvalue weighted by molar-refractivity contribution is 0.00578. The van der Waals surface area contributed by atoms with Crippen molar-refractivity contribution in [2.75, 3.05) is 14.2 Å². The van der Waals surface area contributed by atoms with Crippen LogP contribution in [0, 0.1) is 0 Å². The molecule has 5 heteroatoms. The average molecular weight is 240 g/mol. The van der Waals surface area contributed by atoms with Gasteiger partial charge in [0, 0.05) is 0 Å². The molecule has 0 unspecified atom stereocenters. The molecule has 0 radical (unpaired) electrons. The molecule has 96 valence electrons. The summed E-state index contributed by atoms with van der Waals surface area (Å²) in [5, 5.41) is 0. The van der Waals surface area contributed by atoms with Crippen LogP contribution in [0.3, 0.4) is 0 Å². The Bertz CT molecular complexity index is 317. The van der Waals surface area contributed by atoms with Crippen LogP contribution in [0.1, 0.15) is 27.7 Å². The lowest BCUT2D eigenvalue weighted by Crippen LogP contribution is -2.41. The number of methoxy groups -OCH3 is 2. The van der Waals surface area contributed by atoms with Crippen molar-refractivity contribution in [2.24, 2.45) is 0 Å². The first-order valence-electron chi connectivity index (χ1n) is 5.59. The molecule has 0 atom stereocenters. The molecule has 1 saturated heterocycles. The van der Waals surface area contributed by atoms with E-state index in [1.165, 1.54) is 0 Å². The zero-order chi connectivity index (χ0) is 13.3. The van der Waals surface area contributed by atoms with Gasteiger partial charge in [-0.2, -0.15) is 0 Å². The van der Waals surface area contributed by atoms with Gasteiger partial charge in [0.25, 0.3) is 0 Å². The van der Waals surface area contributed by atoms with E-state index in [9.17, 15) is 0 Å². The largest absolute Gasteiger partial charge is 0.536 e. The van der Waals surface area contributed by atoms with Crippen LogP contribution in [-0.4, -0.2) is 32.5 Å². The maximum atomic E-state index is 5.87. The maximum Gasteiger partial charge on any atom is 0.536 e. The van der Waals surface area contributed by atoms with Gasteiger partial charge in [0.05, 0.1) is 25.4 Å². The van der Waals surface area contributed by atoms with E-state index < -0.39 is 18.3 Å². The van der Waals surface area contributed by atoms with E-state index in [1.54, 1.807) is 20.3 Å². The van der Waals surface area contributed by atoms with Gasteiger partial charge in [-0.25, -0.2) is 0 Å². The highest BCUT2D eigenvalue weighted by Gasteiger charge is 2.54. The summed E-state index contributed by atoms with van der Waals surface area (Å²) in [6, 6.07) is 0. The molecule has 1 fully saturated rings. The molecule has 0 aliphatic carbocycles. The van der Waals surface area contributed by atoms with E-state index in [1.807, 2.05) is 27.7 Å². The molecule has 0 saturated carbocycles. The number of rotatable bonds is 4. The fourth-order valence-electron chi connectivity index (χ4n) is 1.55. The molecule has 0 spiro atoms. The van der Waals surface area contributed by atoms with Gasteiger partial charge in [0.2, 0.25) is 0 Å². The average Bonchev–Trinajstić information content (AvgIpc) is 2.44. The minimum absolute atomic E-state index is 0.401. The summed E-state index contributed by atoms with van der Waals surface area (Å²) in [5.74, 6) is 0.519. The molecular weight excluding hydrogens is 219 g/mol. The Kier molecular flexibility index (Phi) is 3.94. The van der Waals surface area contributed by atoms with Gasteiger partial charge in [-0.1, -0.05) is 6.58 Å². The molecule has 4 nitrogen and oxygen atoms in total. The summed E-state index contributed by atoms with van der Waals surface area (Å²) < 4.78 is 22.2. The second-order valence-electron chi connectivity index (χ2n) is 4.93. The molecule has 1 heterocycles. The Balaban J connectivity index is 3.04. The lowest BCUT2D eigenvalue weighted by atomic mass is 9.85. The first-order valence-corrected chi connectivity index (χ1v) is 5.59. The highest BCUT2D eigenvalue weighted by atomic mass is 16.7. The van der Waals surface area contributed by atoms with Crippen LogP contribution in [0.5, 0.6) is 0 Å². The van der Waals surface area contributed by atoms with Crippen LogP contribution < -0.4 is 0 Å². The SMILES string of the molecule is C=C/C(OC)=C(/OC)B1OC(C)(C)C(C)(C)O1. The number of hydrogen-bond donors (Lipinski definition) is 0. The van der Waals surface area contributed by atoms with Gasteiger partial charge in [0.15, 0.2) is 11.4 Å². The van der Waals surface area contributed by atoms with Crippen LogP contribution >= 0.6 is 0 Å². The summed E-state index contributed by atoms with van der Waals surface area (Å²) in [7, 11) is 2.54. The number of ether oxygens (including phenoxy) is 2. The van der Waals surface area contributed by atoms with E-state index in [0.717, 1.165) is 0 Å².